The highest BCUT2D eigenvalue weighted by atomic mass is 16.5. The number of ether oxygens (including phenoxy) is 2. The van der Waals surface area contributed by atoms with Crippen molar-refractivity contribution in [2.75, 3.05) is 11.9 Å². The number of likely N-dealkylation sites (tertiary alicyclic amines) is 1. The molecule has 2 aliphatic carbocycles. The summed E-state index contributed by atoms with van der Waals surface area (Å²) in [6, 6.07) is 6.63. The van der Waals surface area contributed by atoms with Gasteiger partial charge in [0.1, 0.15) is 17.4 Å². The van der Waals surface area contributed by atoms with Crippen molar-refractivity contribution in [3.05, 3.63) is 36.4 Å². The molecule has 2 bridgehead atoms. The fraction of sp³-hybridized carbons (Fsp3) is 0.633. The maximum Gasteiger partial charge on any atom is 0.246 e. The lowest BCUT2D eigenvalue weighted by Crippen LogP contribution is -2.58. The number of benzene rings is 1. The minimum Gasteiger partial charge on any atom is -0.494 e. The Morgan fingerprint density at radius 2 is 1.68 bits per heavy atom. The largest absolute Gasteiger partial charge is 0.494 e. The Hall–Kier alpha value is -2.87. The van der Waals surface area contributed by atoms with Crippen molar-refractivity contribution in [1.29, 1.82) is 0 Å². The molecule has 8 nitrogen and oxygen atoms in total. The van der Waals surface area contributed by atoms with Crippen molar-refractivity contribution < 1.29 is 23.9 Å². The molecule has 3 amide bonds. The molecule has 2 saturated carbocycles. The summed E-state index contributed by atoms with van der Waals surface area (Å²) in [5, 5.41) is 6.27. The van der Waals surface area contributed by atoms with Gasteiger partial charge in [0.2, 0.25) is 17.7 Å². The maximum atomic E-state index is 14.2. The summed E-state index contributed by atoms with van der Waals surface area (Å²) in [7, 11) is 0. The Labute approximate surface area is 224 Å². The average molecular weight is 522 g/mol. The van der Waals surface area contributed by atoms with E-state index in [1.807, 2.05) is 36.1 Å². The van der Waals surface area contributed by atoms with Crippen LogP contribution >= 0.6 is 0 Å². The topological polar surface area (TPSA) is 97.0 Å². The number of hydrogen-bond acceptors (Lipinski definition) is 5. The van der Waals surface area contributed by atoms with Crippen LogP contribution in [0.2, 0.25) is 0 Å². The third-order valence-corrected chi connectivity index (χ3v) is 9.22. The molecule has 8 heteroatoms. The summed E-state index contributed by atoms with van der Waals surface area (Å²) in [4.78, 5) is 43.6. The first-order valence-electron chi connectivity index (χ1n) is 14.6. The van der Waals surface area contributed by atoms with Gasteiger partial charge in [-0.1, -0.05) is 50.7 Å². The molecule has 1 aromatic carbocycles. The van der Waals surface area contributed by atoms with E-state index in [1.54, 1.807) is 12.1 Å². The van der Waals surface area contributed by atoms with Gasteiger partial charge in [-0.3, -0.25) is 14.4 Å². The zero-order valence-corrected chi connectivity index (χ0v) is 22.2. The highest BCUT2D eigenvalue weighted by Gasteiger charge is 2.73. The molecular weight excluding hydrogens is 482 g/mol. The predicted molar refractivity (Wildman–Crippen MR) is 142 cm³/mol. The van der Waals surface area contributed by atoms with Gasteiger partial charge < -0.3 is 25.0 Å². The van der Waals surface area contributed by atoms with Crippen LogP contribution in [-0.2, 0) is 19.1 Å². The van der Waals surface area contributed by atoms with E-state index < -0.39 is 29.6 Å². The molecule has 204 valence electrons. The molecular formula is C30H39N3O5. The van der Waals surface area contributed by atoms with Crippen LogP contribution in [0.5, 0.6) is 5.75 Å². The number of nitrogens with one attached hydrogen (secondary N) is 2. The quantitative estimate of drug-likeness (QED) is 0.530. The molecule has 3 aliphatic heterocycles. The highest BCUT2D eigenvalue weighted by Crippen LogP contribution is 2.56. The summed E-state index contributed by atoms with van der Waals surface area (Å²) in [5.41, 5.74) is -0.459. The molecule has 5 atom stereocenters. The summed E-state index contributed by atoms with van der Waals surface area (Å²) < 4.78 is 12.0. The van der Waals surface area contributed by atoms with Gasteiger partial charge in [0.25, 0.3) is 0 Å². The Kier molecular flexibility index (Phi) is 6.93. The van der Waals surface area contributed by atoms with Crippen molar-refractivity contribution in [2.45, 2.75) is 101 Å². The molecule has 4 fully saturated rings. The van der Waals surface area contributed by atoms with Gasteiger partial charge in [0.05, 0.1) is 24.5 Å². The number of carbonyl (C=O) groups excluding carboxylic acids is 3. The Morgan fingerprint density at radius 1 is 1.00 bits per heavy atom. The van der Waals surface area contributed by atoms with E-state index in [9.17, 15) is 14.4 Å². The minimum absolute atomic E-state index is 0.00389. The summed E-state index contributed by atoms with van der Waals surface area (Å²) in [6.07, 6.45) is 13.7. The van der Waals surface area contributed by atoms with Gasteiger partial charge in [-0.25, -0.2) is 0 Å². The monoisotopic (exact) mass is 521 g/mol. The SMILES string of the molecule is CCOc1ccc(NC(=O)C2[C@@H]3C=CC4(O3)C(C(=O)NC3CCCCC3)N(C3CCCCC3)C(=O)[C@H]24)cc1. The van der Waals surface area contributed by atoms with Gasteiger partial charge in [0, 0.05) is 17.8 Å². The zero-order chi connectivity index (χ0) is 26.3. The molecule has 38 heavy (non-hydrogen) atoms. The summed E-state index contributed by atoms with van der Waals surface area (Å²) in [6.45, 7) is 2.49. The number of amides is 3. The van der Waals surface area contributed by atoms with Gasteiger partial charge >= 0.3 is 0 Å². The Bertz CT molecular complexity index is 1090. The fourth-order valence-corrected chi connectivity index (χ4v) is 7.51. The molecule has 2 saturated heterocycles. The van der Waals surface area contributed by atoms with E-state index in [4.69, 9.17) is 9.47 Å². The highest BCUT2D eigenvalue weighted by molar-refractivity contribution is 6.03. The van der Waals surface area contributed by atoms with Crippen molar-refractivity contribution in [2.24, 2.45) is 11.8 Å². The van der Waals surface area contributed by atoms with Gasteiger partial charge in [-0.2, -0.15) is 0 Å². The van der Waals surface area contributed by atoms with E-state index in [0.717, 1.165) is 63.5 Å². The molecule has 5 aliphatic rings. The first-order chi connectivity index (χ1) is 18.5. The Balaban J connectivity index is 1.28. The second-order valence-electron chi connectivity index (χ2n) is 11.5. The molecule has 1 spiro atoms. The van der Waals surface area contributed by atoms with Crippen molar-refractivity contribution in [3.63, 3.8) is 0 Å². The molecule has 0 radical (unpaired) electrons. The number of hydrogen-bond donors (Lipinski definition) is 2. The van der Waals surface area contributed by atoms with Gasteiger partial charge in [-0.15, -0.1) is 0 Å². The Morgan fingerprint density at radius 3 is 2.37 bits per heavy atom. The predicted octanol–water partition coefficient (Wildman–Crippen LogP) is 3.96. The second kappa shape index (κ2) is 10.4. The molecule has 2 N–H and O–H groups in total. The lowest BCUT2D eigenvalue weighted by Gasteiger charge is -2.39. The molecule has 3 unspecified atom stereocenters. The van der Waals surface area contributed by atoms with Gasteiger partial charge in [0.15, 0.2) is 0 Å². The van der Waals surface area contributed by atoms with Crippen LogP contribution in [0.3, 0.4) is 0 Å². The van der Waals surface area contributed by atoms with Crippen molar-refractivity contribution in [1.82, 2.24) is 10.2 Å². The van der Waals surface area contributed by atoms with Crippen LogP contribution < -0.4 is 15.4 Å². The number of anilines is 1. The van der Waals surface area contributed by atoms with Crippen molar-refractivity contribution >= 4 is 23.4 Å². The number of carbonyl (C=O) groups is 3. The number of fused-ring (bicyclic) bond motifs is 1. The lowest BCUT2D eigenvalue weighted by atomic mass is 9.74. The first kappa shape index (κ1) is 25.4. The minimum atomic E-state index is -1.10. The summed E-state index contributed by atoms with van der Waals surface area (Å²) >= 11 is 0. The summed E-state index contributed by atoms with van der Waals surface area (Å²) in [5.74, 6) is -1.14. The zero-order valence-electron chi connectivity index (χ0n) is 22.2. The van der Waals surface area contributed by atoms with E-state index in [-0.39, 0.29) is 29.8 Å². The lowest BCUT2D eigenvalue weighted by molar-refractivity contribution is -0.144. The smallest absolute Gasteiger partial charge is 0.246 e. The molecule has 3 heterocycles. The van der Waals surface area contributed by atoms with Crippen LogP contribution in [0, 0.1) is 11.8 Å². The maximum absolute atomic E-state index is 14.2. The van der Waals surface area contributed by atoms with E-state index in [1.165, 1.54) is 6.42 Å². The molecule has 6 rings (SSSR count). The average Bonchev–Trinajstić information content (AvgIpc) is 3.58. The second-order valence-corrected chi connectivity index (χ2v) is 11.5. The third-order valence-electron chi connectivity index (χ3n) is 9.22. The third kappa shape index (κ3) is 4.31. The fourth-order valence-electron chi connectivity index (χ4n) is 7.51. The number of nitrogens with zero attached hydrogens (tertiary/aromatic N) is 1. The van der Waals surface area contributed by atoms with Crippen LogP contribution in [0.4, 0.5) is 5.69 Å². The van der Waals surface area contributed by atoms with Crippen LogP contribution in [0.15, 0.2) is 36.4 Å². The van der Waals surface area contributed by atoms with E-state index >= 15 is 0 Å². The van der Waals surface area contributed by atoms with E-state index in [0.29, 0.717) is 12.3 Å². The van der Waals surface area contributed by atoms with E-state index in [2.05, 4.69) is 10.6 Å². The van der Waals surface area contributed by atoms with Crippen LogP contribution in [0.25, 0.3) is 0 Å². The number of rotatable bonds is 7. The van der Waals surface area contributed by atoms with Gasteiger partial charge in [-0.05, 0) is 56.9 Å². The van der Waals surface area contributed by atoms with Crippen LogP contribution in [-0.4, -0.2) is 59.1 Å². The van der Waals surface area contributed by atoms with Crippen LogP contribution in [0.1, 0.15) is 71.1 Å². The first-order valence-corrected chi connectivity index (χ1v) is 14.6. The molecule has 0 aromatic heterocycles. The normalized spacial score (nSPS) is 32.9. The molecule has 1 aromatic rings. The van der Waals surface area contributed by atoms with Crippen molar-refractivity contribution in [3.8, 4) is 5.75 Å². The standard InChI is InChI=1S/C30H39N3O5/c1-2-37-22-15-13-20(14-16-22)31-27(34)24-23-17-18-30(38-23)25(24)29(36)33(21-11-7-4-8-12-21)26(30)28(35)32-19-9-5-3-6-10-19/h13-19,21,23-26H,2-12H2,1H3,(H,31,34)(H,32,35)/t23-,24?,25-,26?,30?/m0/s1.